The van der Waals surface area contributed by atoms with Gasteiger partial charge in [-0.15, -0.1) is 0 Å². The van der Waals surface area contributed by atoms with Crippen LogP contribution in [0.2, 0.25) is 0 Å². The van der Waals surface area contributed by atoms with Crippen molar-refractivity contribution >= 4 is 11.8 Å². The number of rotatable bonds is 5. The molecule has 0 aliphatic carbocycles. The number of esters is 1. The summed E-state index contributed by atoms with van der Waals surface area (Å²) in [4.78, 5) is 19.0. The van der Waals surface area contributed by atoms with Crippen molar-refractivity contribution in [3.63, 3.8) is 0 Å². The second-order valence-electron chi connectivity index (χ2n) is 3.78. The van der Waals surface area contributed by atoms with Gasteiger partial charge in [-0.05, 0) is 6.92 Å². The first-order valence-electron chi connectivity index (χ1n) is 4.95. The molecule has 0 aromatic carbocycles. The molecule has 0 unspecified atom stereocenters. The van der Waals surface area contributed by atoms with Gasteiger partial charge >= 0.3 is 5.97 Å². The first kappa shape index (κ1) is 13.3. The predicted molar refractivity (Wildman–Crippen MR) is 59.6 cm³/mol. The summed E-state index contributed by atoms with van der Waals surface area (Å²) in [6.45, 7) is 1.04. The maximum Gasteiger partial charge on any atom is 0.358 e. The quantitative estimate of drug-likeness (QED) is 0.592. The first-order valence-corrected chi connectivity index (χ1v) is 4.95. The lowest BCUT2D eigenvalue weighted by molar-refractivity contribution is 0.0593. The number of hydrogen-bond acceptors (Lipinski definition) is 7. The Hall–Kier alpha value is -1.73. The van der Waals surface area contributed by atoms with Crippen molar-refractivity contribution in [2.75, 3.05) is 25.6 Å². The normalized spacial score (nSPS) is 11.1. The molecule has 0 bridgehead atoms. The summed E-state index contributed by atoms with van der Waals surface area (Å²) in [6, 6.07) is 0. The van der Waals surface area contributed by atoms with Crippen LogP contribution in [0.4, 0.5) is 5.82 Å². The summed E-state index contributed by atoms with van der Waals surface area (Å²) in [5.74, 6) is -0.325. The second kappa shape index (κ2) is 5.55. The molecule has 0 fully saturated rings. The molecule has 0 atom stereocenters. The maximum absolute atomic E-state index is 11.2. The number of aliphatic hydroxyl groups is 2. The molecule has 1 aromatic rings. The Kier molecular flexibility index (Phi) is 4.36. The number of methoxy groups -OCH3 is 1. The predicted octanol–water partition coefficient (Wildman–Crippen LogP) is -0.582. The van der Waals surface area contributed by atoms with Gasteiger partial charge in [0.2, 0.25) is 0 Å². The Morgan fingerprint density at radius 1 is 1.47 bits per heavy atom. The van der Waals surface area contributed by atoms with Gasteiger partial charge in [-0.1, -0.05) is 0 Å². The highest BCUT2D eigenvalue weighted by atomic mass is 16.5. The molecule has 0 saturated carbocycles. The molecule has 0 radical (unpaired) electrons. The average molecular weight is 241 g/mol. The molecule has 7 nitrogen and oxygen atoms in total. The monoisotopic (exact) mass is 241 g/mol. The minimum Gasteiger partial charge on any atom is -0.464 e. The van der Waals surface area contributed by atoms with Gasteiger partial charge in [0.15, 0.2) is 5.69 Å². The zero-order valence-electron chi connectivity index (χ0n) is 9.67. The summed E-state index contributed by atoms with van der Waals surface area (Å²) in [7, 11) is 1.25. The van der Waals surface area contributed by atoms with Crippen LogP contribution in [0.5, 0.6) is 0 Å². The van der Waals surface area contributed by atoms with Gasteiger partial charge < -0.3 is 20.3 Å². The van der Waals surface area contributed by atoms with E-state index in [1.807, 2.05) is 0 Å². The van der Waals surface area contributed by atoms with Crippen LogP contribution in [0.1, 0.15) is 17.4 Å². The number of carbonyl (C=O) groups is 1. The van der Waals surface area contributed by atoms with Crippen molar-refractivity contribution in [2.24, 2.45) is 0 Å². The van der Waals surface area contributed by atoms with Crippen molar-refractivity contribution in [3.05, 3.63) is 18.1 Å². The minimum absolute atomic E-state index is 0.0516. The van der Waals surface area contributed by atoms with Gasteiger partial charge in [0.05, 0.1) is 38.3 Å². The Bertz CT molecular complexity index is 393. The SMILES string of the molecule is COC(=O)c1cncc(NC(C)(CO)CO)n1. The average Bonchev–Trinajstić information content (AvgIpc) is 2.38. The lowest BCUT2D eigenvalue weighted by atomic mass is 10.1. The van der Waals surface area contributed by atoms with Gasteiger partial charge in [0.25, 0.3) is 0 Å². The van der Waals surface area contributed by atoms with Crippen LogP contribution in [0.15, 0.2) is 12.4 Å². The molecule has 1 heterocycles. The molecular formula is C10H15N3O4. The molecule has 7 heteroatoms. The zero-order valence-corrected chi connectivity index (χ0v) is 9.67. The first-order chi connectivity index (χ1) is 8.04. The second-order valence-corrected chi connectivity index (χ2v) is 3.78. The van der Waals surface area contributed by atoms with Crippen molar-refractivity contribution in [3.8, 4) is 0 Å². The van der Waals surface area contributed by atoms with E-state index >= 15 is 0 Å². The largest absolute Gasteiger partial charge is 0.464 e. The number of anilines is 1. The molecule has 0 saturated heterocycles. The van der Waals surface area contributed by atoms with E-state index in [4.69, 9.17) is 10.2 Å². The number of ether oxygens (including phenoxy) is 1. The summed E-state index contributed by atoms with van der Waals surface area (Å²) in [6.07, 6.45) is 2.66. The molecule has 3 N–H and O–H groups in total. The van der Waals surface area contributed by atoms with Crippen molar-refractivity contribution < 1.29 is 19.7 Å². The Labute approximate surface area is 98.5 Å². The van der Waals surface area contributed by atoms with E-state index < -0.39 is 11.5 Å². The topological polar surface area (TPSA) is 105 Å². The lowest BCUT2D eigenvalue weighted by Crippen LogP contribution is -2.42. The van der Waals surface area contributed by atoms with E-state index in [1.54, 1.807) is 6.92 Å². The highest BCUT2D eigenvalue weighted by molar-refractivity contribution is 5.87. The molecule has 17 heavy (non-hydrogen) atoms. The van der Waals surface area contributed by atoms with Crippen LogP contribution >= 0.6 is 0 Å². The smallest absolute Gasteiger partial charge is 0.358 e. The number of carbonyl (C=O) groups excluding carboxylic acids is 1. The van der Waals surface area contributed by atoms with Crippen LogP contribution in [-0.4, -0.2) is 52.0 Å². The van der Waals surface area contributed by atoms with Gasteiger partial charge in [-0.2, -0.15) is 0 Å². The third kappa shape index (κ3) is 3.36. The summed E-state index contributed by atoms with van der Waals surface area (Å²) in [5, 5.41) is 21.0. The standard InChI is InChI=1S/C10H15N3O4/c1-10(5-14,6-15)13-8-4-11-3-7(12-8)9(16)17-2/h3-4,14-15H,5-6H2,1-2H3,(H,12,13). The van der Waals surface area contributed by atoms with E-state index in [2.05, 4.69) is 20.0 Å². The number of nitrogens with zero attached hydrogens (tertiary/aromatic N) is 2. The molecule has 1 aromatic heterocycles. The molecular weight excluding hydrogens is 226 g/mol. The molecule has 0 aliphatic rings. The van der Waals surface area contributed by atoms with E-state index in [9.17, 15) is 4.79 Å². The maximum atomic E-state index is 11.2. The van der Waals surface area contributed by atoms with Gasteiger partial charge in [-0.25, -0.2) is 9.78 Å². The fourth-order valence-corrected chi connectivity index (χ4v) is 1.07. The summed E-state index contributed by atoms with van der Waals surface area (Å²) >= 11 is 0. The van der Waals surface area contributed by atoms with E-state index in [1.165, 1.54) is 19.5 Å². The lowest BCUT2D eigenvalue weighted by Gasteiger charge is -2.26. The fraction of sp³-hybridized carbons (Fsp3) is 0.500. The highest BCUT2D eigenvalue weighted by Gasteiger charge is 2.23. The van der Waals surface area contributed by atoms with E-state index in [-0.39, 0.29) is 24.7 Å². The molecule has 1 rings (SSSR count). The Morgan fingerprint density at radius 3 is 2.65 bits per heavy atom. The molecule has 0 aliphatic heterocycles. The van der Waals surface area contributed by atoms with Crippen molar-refractivity contribution in [1.29, 1.82) is 0 Å². The summed E-state index contributed by atoms with van der Waals surface area (Å²) in [5.41, 5.74) is -0.876. The van der Waals surface area contributed by atoms with E-state index in [0.29, 0.717) is 0 Å². The van der Waals surface area contributed by atoms with Gasteiger partial charge in [0, 0.05) is 0 Å². The van der Waals surface area contributed by atoms with Crippen LogP contribution in [0.25, 0.3) is 0 Å². The van der Waals surface area contributed by atoms with Crippen molar-refractivity contribution in [1.82, 2.24) is 9.97 Å². The Balaban J connectivity index is 2.89. The number of nitrogens with one attached hydrogen (secondary N) is 1. The fourth-order valence-electron chi connectivity index (χ4n) is 1.07. The third-order valence-corrected chi connectivity index (χ3v) is 2.16. The number of hydrogen-bond donors (Lipinski definition) is 3. The van der Waals surface area contributed by atoms with Crippen molar-refractivity contribution in [2.45, 2.75) is 12.5 Å². The van der Waals surface area contributed by atoms with Crippen LogP contribution in [0.3, 0.4) is 0 Å². The Morgan fingerprint density at radius 2 is 2.12 bits per heavy atom. The van der Waals surface area contributed by atoms with E-state index in [0.717, 1.165) is 0 Å². The van der Waals surface area contributed by atoms with Gasteiger partial charge in [-0.3, -0.25) is 4.98 Å². The summed E-state index contributed by atoms with van der Waals surface area (Å²) < 4.78 is 4.51. The molecule has 94 valence electrons. The van der Waals surface area contributed by atoms with Crippen LogP contribution in [0, 0.1) is 0 Å². The third-order valence-electron chi connectivity index (χ3n) is 2.16. The minimum atomic E-state index is -0.927. The molecule has 0 spiro atoms. The van der Waals surface area contributed by atoms with Crippen LogP contribution in [-0.2, 0) is 4.74 Å². The van der Waals surface area contributed by atoms with Crippen LogP contribution < -0.4 is 5.32 Å². The zero-order chi connectivity index (χ0) is 12.9. The van der Waals surface area contributed by atoms with Gasteiger partial charge in [0.1, 0.15) is 5.82 Å². The number of aromatic nitrogens is 2. The number of aliphatic hydroxyl groups excluding tert-OH is 2. The highest BCUT2D eigenvalue weighted by Crippen LogP contribution is 2.12. The molecule has 0 amide bonds.